The molecule has 26 heavy (non-hydrogen) atoms. The Balaban J connectivity index is 1.93. The van der Waals surface area contributed by atoms with Crippen LogP contribution in [-0.4, -0.2) is 13.2 Å². The van der Waals surface area contributed by atoms with Crippen molar-refractivity contribution in [2.24, 2.45) is 5.92 Å². The van der Waals surface area contributed by atoms with Crippen molar-refractivity contribution in [2.45, 2.75) is 19.4 Å². The molecule has 3 rings (SSSR count). The smallest absolute Gasteiger partial charge is 0.348 e. The van der Waals surface area contributed by atoms with Gasteiger partial charge in [-0.3, -0.25) is 0 Å². The zero-order chi connectivity index (χ0) is 19.1. The Labute approximate surface area is 145 Å². The fourth-order valence-corrected chi connectivity index (χ4v) is 2.70. The molecule has 0 N–H and O–H groups in total. The van der Waals surface area contributed by atoms with Crippen molar-refractivity contribution in [3.05, 3.63) is 58.9 Å². The minimum Gasteiger partial charge on any atom is -0.348 e. The molecule has 140 valence electrons. The minimum atomic E-state index is -5.18. The second-order valence-corrected chi connectivity index (χ2v) is 6.16. The van der Waals surface area contributed by atoms with E-state index in [0.29, 0.717) is 30.9 Å². The van der Waals surface area contributed by atoms with Crippen molar-refractivity contribution in [3.63, 3.8) is 0 Å². The standard InChI is InChI=1S/C18H14F6O2/c1-9-7-25-17(26-8-9)10-2-3-12(13(19)4-10)11-5-14(20)16(15(21)6-11)18(22,23)24/h2-6,9,17H,7-8H2,1H3. The summed E-state index contributed by atoms with van der Waals surface area (Å²) in [5.41, 5.74) is -2.21. The number of alkyl halides is 3. The molecule has 0 amide bonds. The maximum atomic E-state index is 14.4. The molecule has 8 heteroatoms. The van der Waals surface area contributed by atoms with Crippen LogP contribution in [0.1, 0.15) is 24.3 Å². The van der Waals surface area contributed by atoms with Crippen molar-refractivity contribution < 1.29 is 35.8 Å². The van der Waals surface area contributed by atoms with Gasteiger partial charge in [0.05, 0.1) is 13.2 Å². The summed E-state index contributed by atoms with van der Waals surface area (Å²) in [7, 11) is 0. The van der Waals surface area contributed by atoms with Gasteiger partial charge >= 0.3 is 6.18 Å². The molecular formula is C18H14F6O2. The average molecular weight is 376 g/mol. The average Bonchev–Trinajstić information content (AvgIpc) is 2.53. The van der Waals surface area contributed by atoms with Crippen LogP contribution in [0.5, 0.6) is 0 Å². The monoisotopic (exact) mass is 376 g/mol. The summed E-state index contributed by atoms with van der Waals surface area (Å²) in [6, 6.07) is 4.64. The van der Waals surface area contributed by atoms with E-state index in [0.717, 1.165) is 6.07 Å². The Kier molecular flexibility index (Phi) is 4.98. The number of rotatable bonds is 2. The highest BCUT2D eigenvalue weighted by atomic mass is 19.4. The fraction of sp³-hybridized carbons (Fsp3) is 0.333. The van der Waals surface area contributed by atoms with Crippen molar-refractivity contribution in [2.75, 3.05) is 13.2 Å². The van der Waals surface area contributed by atoms with E-state index in [9.17, 15) is 26.3 Å². The molecule has 2 aromatic carbocycles. The normalized spacial score (nSPS) is 21.0. The Morgan fingerprint density at radius 1 is 0.885 bits per heavy atom. The molecule has 2 aromatic rings. The molecular weight excluding hydrogens is 362 g/mol. The van der Waals surface area contributed by atoms with E-state index >= 15 is 0 Å². The van der Waals surface area contributed by atoms with Gasteiger partial charge in [0.15, 0.2) is 6.29 Å². The van der Waals surface area contributed by atoms with Crippen molar-refractivity contribution >= 4 is 0 Å². The Bertz CT molecular complexity index is 787. The molecule has 1 saturated heterocycles. The van der Waals surface area contributed by atoms with E-state index in [2.05, 4.69) is 0 Å². The van der Waals surface area contributed by atoms with Crippen LogP contribution in [0, 0.1) is 23.4 Å². The van der Waals surface area contributed by atoms with E-state index < -0.39 is 35.5 Å². The topological polar surface area (TPSA) is 18.5 Å². The highest BCUT2D eigenvalue weighted by molar-refractivity contribution is 5.65. The molecule has 0 bridgehead atoms. The number of benzene rings is 2. The van der Waals surface area contributed by atoms with Crippen LogP contribution < -0.4 is 0 Å². The van der Waals surface area contributed by atoms with Gasteiger partial charge in [-0.1, -0.05) is 19.1 Å². The Morgan fingerprint density at radius 3 is 1.96 bits per heavy atom. The highest BCUT2D eigenvalue weighted by Crippen LogP contribution is 2.37. The lowest BCUT2D eigenvalue weighted by atomic mass is 10.0. The highest BCUT2D eigenvalue weighted by Gasteiger charge is 2.38. The van der Waals surface area contributed by atoms with Crippen LogP contribution in [0.25, 0.3) is 11.1 Å². The molecule has 0 aromatic heterocycles. The van der Waals surface area contributed by atoms with E-state index in [1.54, 1.807) is 0 Å². The second-order valence-electron chi connectivity index (χ2n) is 6.16. The lowest BCUT2D eigenvalue weighted by Gasteiger charge is -2.27. The summed E-state index contributed by atoms with van der Waals surface area (Å²) in [4.78, 5) is 0. The summed E-state index contributed by atoms with van der Waals surface area (Å²) in [6.45, 7) is 2.79. The van der Waals surface area contributed by atoms with Gasteiger partial charge in [0, 0.05) is 17.0 Å². The van der Waals surface area contributed by atoms with Crippen LogP contribution in [0.4, 0.5) is 26.3 Å². The van der Waals surface area contributed by atoms with Crippen LogP contribution in [0.15, 0.2) is 30.3 Å². The van der Waals surface area contributed by atoms with Crippen molar-refractivity contribution in [3.8, 4) is 11.1 Å². The zero-order valence-electron chi connectivity index (χ0n) is 13.5. The molecule has 0 aliphatic carbocycles. The van der Waals surface area contributed by atoms with E-state index in [4.69, 9.17) is 9.47 Å². The molecule has 0 saturated carbocycles. The lowest BCUT2D eigenvalue weighted by Crippen LogP contribution is -2.25. The van der Waals surface area contributed by atoms with E-state index in [1.807, 2.05) is 6.92 Å². The van der Waals surface area contributed by atoms with Crippen molar-refractivity contribution in [1.82, 2.24) is 0 Å². The zero-order valence-corrected chi connectivity index (χ0v) is 13.5. The van der Waals surface area contributed by atoms with Gasteiger partial charge in [-0.2, -0.15) is 13.2 Å². The number of hydrogen-bond acceptors (Lipinski definition) is 2. The van der Waals surface area contributed by atoms with Gasteiger partial charge in [-0.15, -0.1) is 0 Å². The summed E-state index contributed by atoms with van der Waals surface area (Å²) < 4.78 is 90.6. The second kappa shape index (κ2) is 6.92. The van der Waals surface area contributed by atoms with Gasteiger partial charge in [-0.25, -0.2) is 13.2 Å². The lowest BCUT2D eigenvalue weighted by molar-refractivity contribution is -0.202. The molecule has 1 aliphatic heterocycles. The summed E-state index contributed by atoms with van der Waals surface area (Å²) in [5.74, 6) is -4.26. The molecule has 0 unspecified atom stereocenters. The van der Waals surface area contributed by atoms with Gasteiger partial charge in [-0.05, 0) is 23.8 Å². The minimum absolute atomic E-state index is 0.202. The van der Waals surface area contributed by atoms with Gasteiger partial charge in [0.2, 0.25) is 0 Å². The van der Waals surface area contributed by atoms with Crippen molar-refractivity contribution in [1.29, 1.82) is 0 Å². The van der Waals surface area contributed by atoms with Crippen LogP contribution in [-0.2, 0) is 15.7 Å². The number of hydrogen-bond donors (Lipinski definition) is 0. The first-order chi connectivity index (χ1) is 12.2. The molecule has 1 fully saturated rings. The molecule has 1 heterocycles. The molecule has 1 aliphatic rings. The summed E-state index contributed by atoms with van der Waals surface area (Å²) in [6.07, 6.45) is -5.95. The third-order valence-electron chi connectivity index (χ3n) is 3.97. The first kappa shape index (κ1) is 18.7. The molecule has 0 atom stereocenters. The van der Waals surface area contributed by atoms with Crippen LogP contribution in [0.2, 0.25) is 0 Å². The molecule has 0 radical (unpaired) electrons. The third kappa shape index (κ3) is 3.71. The van der Waals surface area contributed by atoms with Gasteiger partial charge in [0.25, 0.3) is 0 Å². The predicted octanol–water partition coefficient (Wildman–Crippen LogP) is 5.47. The molecule has 0 spiro atoms. The maximum absolute atomic E-state index is 14.4. The quantitative estimate of drug-likeness (QED) is 0.647. The Hall–Kier alpha value is -2.06. The Morgan fingerprint density at radius 2 is 1.46 bits per heavy atom. The summed E-state index contributed by atoms with van der Waals surface area (Å²) >= 11 is 0. The maximum Gasteiger partial charge on any atom is 0.422 e. The number of ether oxygens (including phenoxy) is 2. The largest absolute Gasteiger partial charge is 0.422 e. The SMILES string of the molecule is CC1COC(c2ccc(-c3cc(F)c(C(F)(F)F)c(F)c3)c(F)c2)OC1. The van der Waals surface area contributed by atoms with Gasteiger partial charge < -0.3 is 9.47 Å². The first-order valence-electron chi connectivity index (χ1n) is 7.76. The van der Waals surface area contributed by atoms with Crippen LogP contribution in [0.3, 0.4) is 0 Å². The van der Waals surface area contributed by atoms with E-state index in [-0.39, 0.29) is 17.0 Å². The van der Waals surface area contributed by atoms with Gasteiger partial charge in [0.1, 0.15) is 23.0 Å². The fourth-order valence-electron chi connectivity index (χ4n) is 2.70. The van der Waals surface area contributed by atoms with E-state index in [1.165, 1.54) is 12.1 Å². The first-order valence-corrected chi connectivity index (χ1v) is 7.76. The third-order valence-corrected chi connectivity index (χ3v) is 3.97. The van der Waals surface area contributed by atoms with Crippen LogP contribution >= 0.6 is 0 Å². The number of halogens is 6. The predicted molar refractivity (Wildman–Crippen MR) is 80.6 cm³/mol. The summed E-state index contributed by atoms with van der Waals surface area (Å²) in [5, 5.41) is 0. The molecule has 2 nitrogen and oxygen atoms in total.